The van der Waals surface area contributed by atoms with Gasteiger partial charge in [0.15, 0.2) is 5.78 Å². The van der Waals surface area contributed by atoms with E-state index in [1.54, 1.807) is 31.4 Å². The largest absolute Gasteiger partial charge is 0.497 e. The maximum Gasteiger partial charge on any atom is 0.345 e. The molecule has 0 amide bonds. The molecule has 0 saturated carbocycles. The standard InChI is InChI=1S/C16H14O5S/c1-20-11-5-3-10(13(9-11)21-2)4-6-12(17)14-7-8-15(22-14)16(18)19/h3-9H,1-2H3,(H,18,19). The van der Waals surface area contributed by atoms with E-state index in [4.69, 9.17) is 14.6 Å². The molecule has 2 rings (SSSR count). The van der Waals surface area contributed by atoms with Gasteiger partial charge in [0.1, 0.15) is 16.4 Å². The number of allylic oxidation sites excluding steroid dienone is 1. The Morgan fingerprint density at radius 2 is 1.82 bits per heavy atom. The van der Waals surface area contributed by atoms with Crippen molar-refractivity contribution in [3.05, 3.63) is 51.7 Å². The summed E-state index contributed by atoms with van der Waals surface area (Å²) in [6.45, 7) is 0. The fourth-order valence-corrected chi connectivity index (χ4v) is 2.55. The van der Waals surface area contributed by atoms with Gasteiger partial charge in [0.2, 0.25) is 0 Å². The van der Waals surface area contributed by atoms with Gasteiger partial charge in [-0.2, -0.15) is 0 Å². The van der Waals surface area contributed by atoms with E-state index in [0.29, 0.717) is 16.4 Å². The first-order chi connectivity index (χ1) is 10.5. The van der Waals surface area contributed by atoms with Crippen molar-refractivity contribution in [1.82, 2.24) is 0 Å². The number of ether oxygens (including phenoxy) is 2. The Labute approximate surface area is 131 Å². The molecular weight excluding hydrogens is 304 g/mol. The van der Waals surface area contributed by atoms with E-state index in [-0.39, 0.29) is 10.7 Å². The zero-order valence-electron chi connectivity index (χ0n) is 12.0. The van der Waals surface area contributed by atoms with Crippen LogP contribution in [0.1, 0.15) is 24.9 Å². The van der Waals surface area contributed by atoms with Gasteiger partial charge in [-0.15, -0.1) is 11.3 Å². The fourth-order valence-electron chi connectivity index (χ4n) is 1.79. The molecule has 2 aromatic rings. The first kappa shape index (κ1) is 15.8. The maximum atomic E-state index is 12.0. The zero-order chi connectivity index (χ0) is 16.1. The zero-order valence-corrected chi connectivity index (χ0v) is 12.8. The summed E-state index contributed by atoms with van der Waals surface area (Å²) in [5.74, 6) is -0.0503. The Morgan fingerprint density at radius 1 is 1.09 bits per heavy atom. The summed E-state index contributed by atoms with van der Waals surface area (Å²) in [6.07, 6.45) is 3.02. The van der Waals surface area contributed by atoms with Crippen LogP contribution in [0.3, 0.4) is 0 Å². The molecule has 22 heavy (non-hydrogen) atoms. The third kappa shape index (κ3) is 3.53. The molecule has 6 heteroatoms. The van der Waals surface area contributed by atoms with Gasteiger partial charge in [-0.05, 0) is 36.4 Å². The van der Waals surface area contributed by atoms with Gasteiger partial charge in [-0.25, -0.2) is 4.79 Å². The third-order valence-electron chi connectivity index (χ3n) is 2.91. The van der Waals surface area contributed by atoms with Crippen molar-refractivity contribution in [3.63, 3.8) is 0 Å². The number of carboxylic acids is 1. The van der Waals surface area contributed by atoms with Crippen LogP contribution in [-0.2, 0) is 0 Å². The summed E-state index contributed by atoms with van der Waals surface area (Å²) in [6, 6.07) is 8.19. The fraction of sp³-hybridized carbons (Fsp3) is 0.125. The number of hydrogen-bond acceptors (Lipinski definition) is 5. The van der Waals surface area contributed by atoms with Gasteiger partial charge in [-0.1, -0.05) is 0 Å². The lowest BCUT2D eigenvalue weighted by Crippen LogP contribution is -1.92. The molecule has 0 aliphatic rings. The lowest BCUT2D eigenvalue weighted by Gasteiger charge is -2.07. The van der Waals surface area contributed by atoms with Crippen molar-refractivity contribution in [2.24, 2.45) is 0 Å². The lowest BCUT2D eigenvalue weighted by molar-refractivity contribution is 0.0702. The van der Waals surface area contributed by atoms with Crippen molar-refractivity contribution < 1.29 is 24.2 Å². The number of carbonyl (C=O) groups excluding carboxylic acids is 1. The molecule has 1 aromatic carbocycles. The van der Waals surface area contributed by atoms with E-state index in [9.17, 15) is 9.59 Å². The number of ketones is 1. The molecule has 0 bridgehead atoms. The SMILES string of the molecule is COc1ccc(C=CC(=O)c2ccc(C(=O)O)s2)c(OC)c1. The van der Waals surface area contributed by atoms with Crippen molar-refractivity contribution >= 4 is 29.2 Å². The minimum absolute atomic E-state index is 0.138. The summed E-state index contributed by atoms with van der Waals surface area (Å²) in [5.41, 5.74) is 0.728. The van der Waals surface area contributed by atoms with Crippen molar-refractivity contribution in [2.75, 3.05) is 14.2 Å². The molecule has 5 nitrogen and oxygen atoms in total. The van der Waals surface area contributed by atoms with Gasteiger partial charge in [0.05, 0.1) is 19.1 Å². The Morgan fingerprint density at radius 3 is 2.41 bits per heavy atom. The number of aromatic carboxylic acids is 1. The number of rotatable bonds is 6. The highest BCUT2D eigenvalue weighted by molar-refractivity contribution is 7.16. The molecule has 1 N–H and O–H groups in total. The van der Waals surface area contributed by atoms with Crippen molar-refractivity contribution in [1.29, 1.82) is 0 Å². The summed E-state index contributed by atoms with van der Waals surface area (Å²) >= 11 is 0.949. The highest BCUT2D eigenvalue weighted by atomic mass is 32.1. The Kier molecular flexibility index (Phi) is 4.95. The maximum absolute atomic E-state index is 12.0. The van der Waals surface area contributed by atoms with Crippen LogP contribution < -0.4 is 9.47 Å². The predicted molar refractivity (Wildman–Crippen MR) is 84.2 cm³/mol. The van der Waals surface area contributed by atoms with Crippen LogP contribution in [-0.4, -0.2) is 31.1 Å². The average molecular weight is 318 g/mol. The van der Waals surface area contributed by atoms with Gasteiger partial charge in [0, 0.05) is 11.6 Å². The first-order valence-electron chi connectivity index (χ1n) is 6.32. The molecule has 0 radical (unpaired) electrons. The van der Waals surface area contributed by atoms with E-state index in [2.05, 4.69) is 0 Å². The minimum atomic E-state index is -1.04. The van der Waals surface area contributed by atoms with Crippen LogP contribution in [0.25, 0.3) is 6.08 Å². The quantitative estimate of drug-likeness (QED) is 0.653. The first-order valence-corrected chi connectivity index (χ1v) is 7.14. The molecule has 0 aliphatic carbocycles. The van der Waals surface area contributed by atoms with Crippen LogP contribution in [0.2, 0.25) is 0 Å². The highest BCUT2D eigenvalue weighted by Crippen LogP contribution is 2.26. The average Bonchev–Trinajstić information content (AvgIpc) is 3.02. The predicted octanol–water partition coefficient (Wildman–Crippen LogP) is 3.36. The topological polar surface area (TPSA) is 72.8 Å². The molecule has 0 saturated heterocycles. The van der Waals surface area contributed by atoms with Gasteiger partial charge < -0.3 is 14.6 Å². The van der Waals surface area contributed by atoms with E-state index < -0.39 is 5.97 Å². The number of thiophene rings is 1. The number of methoxy groups -OCH3 is 2. The van der Waals surface area contributed by atoms with Gasteiger partial charge >= 0.3 is 5.97 Å². The van der Waals surface area contributed by atoms with Crippen molar-refractivity contribution in [2.45, 2.75) is 0 Å². The molecule has 0 atom stereocenters. The summed E-state index contributed by atoms with van der Waals surface area (Å²) < 4.78 is 10.4. The van der Waals surface area contributed by atoms with Crippen LogP contribution >= 0.6 is 11.3 Å². The van der Waals surface area contributed by atoms with E-state index in [1.807, 2.05) is 0 Å². The molecule has 0 aliphatic heterocycles. The highest BCUT2D eigenvalue weighted by Gasteiger charge is 2.11. The van der Waals surface area contributed by atoms with Gasteiger partial charge in [-0.3, -0.25) is 4.79 Å². The summed E-state index contributed by atoms with van der Waals surface area (Å²) in [4.78, 5) is 23.4. The minimum Gasteiger partial charge on any atom is -0.497 e. The van der Waals surface area contributed by atoms with Crippen molar-refractivity contribution in [3.8, 4) is 11.5 Å². The Bertz CT molecular complexity index is 730. The second kappa shape index (κ2) is 6.91. The second-order valence-corrected chi connectivity index (χ2v) is 5.36. The summed E-state index contributed by atoms with van der Waals surface area (Å²) in [5, 5.41) is 8.86. The number of benzene rings is 1. The Hall–Kier alpha value is -2.60. The Balaban J connectivity index is 2.20. The molecular formula is C16H14O5S. The number of carbonyl (C=O) groups is 2. The molecule has 114 valence electrons. The van der Waals surface area contributed by atoms with Gasteiger partial charge in [0.25, 0.3) is 0 Å². The van der Waals surface area contributed by atoms with Crippen LogP contribution in [0, 0.1) is 0 Å². The molecule has 0 fully saturated rings. The monoisotopic (exact) mass is 318 g/mol. The van der Waals surface area contributed by atoms with Crippen LogP contribution in [0.5, 0.6) is 11.5 Å². The smallest absolute Gasteiger partial charge is 0.345 e. The van der Waals surface area contributed by atoms with Crippen LogP contribution in [0.4, 0.5) is 0 Å². The third-order valence-corrected chi connectivity index (χ3v) is 4.00. The van der Waals surface area contributed by atoms with E-state index in [1.165, 1.54) is 25.3 Å². The van der Waals surface area contributed by atoms with Crippen LogP contribution in [0.15, 0.2) is 36.4 Å². The normalized spacial score (nSPS) is 10.6. The second-order valence-electron chi connectivity index (χ2n) is 4.27. The number of hydrogen-bond donors (Lipinski definition) is 1. The van der Waals surface area contributed by atoms with E-state index in [0.717, 1.165) is 16.9 Å². The molecule has 0 spiro atoms. The number of carboxylic acid groups (broad SMARTS) is 1. The lowest BCUT2D eigenvalue weighted by atomic mass is 10.1. The van der Waals surface area contributed by atoms with E-state index >= 15 is 0 Å². The molecule has 1 heterocycles. The molecule has 0 unspecified atom stereocenters. The molecule has 1 aromatic heterocycles. The summed E-state index contributed by atoms with van der Waals surface area (Å²) in [7, 11) is 3.09.